The van der Waals surface area contributed by atoms with Gasteiger partial charge in [0.25, 0.3) is 0 Å². The van der Waals surface area contributed by atoms with E-state index in [4.69, 9.17) is 10.8 Å². The molecule has 0 bridgehead atoms. The van der Waals surface area contributed by atoms with Crippen molar-refractivity contribution in [2.24, 2.45) is 5.73 Å². The van der Waals surface area contributed by atoms with E-state index in [0.29, 0.717) is 5.56 Å². The first kappa shape index (κ1) is 16.6. The van der Waals surface area contributed by atoms with Gasteiger partial charge >= 0.3 is 5.51 Å². The van der Waals surface area contributed by atoms with Gasteiger partial charge in [-0.25, -0.2) is 0 Å². The molecule has 0 heterocycles. The molecule has 98 valence electrons. The van der Waals surface area contributed by atoms with Gasteiger partial charge in [-0.2, -0.15) is 13.2 Å². The summed E-state index contributed by atoms with van der Waals surface area (Å²) >= 11 is -0.180. The van der Waals surface area contributed by atoms with Crippen LogP contribution in [0.25, 0.3) is 0 Å². The van der Waals surface area contributed by atoms with Crippen LogP contribution < -0.4 is 5.73 Å². The quantitative estimate of drug-likeness (QED) is 0.837. The predicted octanol–water partition coefficient (Wildman–Crippen LogP) is 3.10. The lowest BCUT2D eigenvalue weighted by molar-refractivity contribution is -0.0328. The lowest BCUT2D eigenvalue weighted by atomic mass is 10.1. The van der Waals surface area contributed by atoms with Crippen LogP contribution in [0.2, 0.25) is 0 Å². The Bertz CT molecular complexity index is 349. The van der Waals surface area contributed by atoms with Crippen LogP contribution in [0, 0.1) is 0 Å². The van der Waals surface area contributed by atoms with Gasteiger partial charge < -0.3 is 10.8 Å². The van der Waals surface area contributed by atoms with Gasteiger partial charge in [-0.15, -0.1) is 12.4 Å². The molecule has 0 aliphatic carbocycles. The Morgan fingerprint density at radius 2 is 1.88 bits per heavy atom. The van der Waals surface area contributed by atoms with Crippen molar-refractivity contribution in [1.29, 1.82) is 0 Å². The lowest BCUT2D eigenvalue weighted by Gasteiger charge is -2.15. The molecule has 0 radical (unpaired) electrons. The molecule has 0 spiro atoms. The Balaban J connectivity index is 0.00000256. The van der Waals surface area contributed by atoms with E-state index in [0.717, 1.165) is 0 Å². The summed E-state index contributed by atoms with van der Waals surface area (Å²) in [7, 11) is 0. The Kier molecular flexibility index (Phi) is 6.92. The molecule has 1 rings (SSSR count). The third-order valence-electron chi connectivity index (χ3n) is 1.98. The maximum absolute atomic E-state index is 12.2. The van der Waals surface area contributed by atoms with Gasteiger partial charge in [0.2, 0.25) is 0 Å². The lowest BCUT2D eigenvalue weighted by Crippen LogP contribution is -2.13. The van der Waals surface area contributed by atoms with Crippen LogP contribution in [0.4, 0.5) is 13.2 Å². The molecule has 1 atom stereocenters. The average Bonchev–Trinajstić information content (AvgIpc) is 2.16. The summed E-state index contributed by atoms with van der Waals surface area (Å²) < 4.78 is 36.7. The summed E-state index contributed by atoms with van der Waals surface area (Å²) in [4.78, 5) is 0.0935. The fraction of sp³-hybridized carbons (Fsp3) is 0.400. The molecular weight excluding hydrogens is 275 g/mol. The monoisotopic (exact) mass is 287 g/mol. The molecule has 0 unspecified atom stereocenters. The molecule has 3 N–H and O–H groups in total. The number of aliphatic hydroxyl groups is 1. The number of hydrogen-bond donors (Lipinski definition) is 2. The highest BCUT2D eigenvalue weighted by atomic mass is 35.5. The number of halogens is 4. The van der Waals surface area contributed by atoms with E-state index in [2.05, 4.69) is 0 Å². The van der Waals surface area contributed by atoms with Crippen LogP contribution in [0.3, 0.4) is 0 Å². The van der Waals surface area contributed by atoms with Crippen molar-refractivity contribution in [3.05, 3.63) is 29.8 Å². The number of nitrogens with two attached hydrogens (primary N) is 1. The Hall–Kier alpha value is -0.430. The third-order valence-corrected chi connectivity index (χ3v) is 2.81. The van der Waals surface area contributed by atoms with Crippen LogP contribution >= 0.6 is 24.2 Å². The van der Waals surface area contributed by atoms with Gasteiger partial charge in [-0.1, -0.05) is 18.2 Å². The summed E-state index contributed by atoms with van der Waals surface area (Å²) in [6, 6.07) is 5.52. The first-order valence-electron chi connectivity index (χ1n) is 4.65. The minimum Gasteiger partial charge on any atom is -0.396 e. The van der Waals surface area contributed by atoms with Crippen molar-refractivity contribution < 1.29 is 18.3 Å². The molecule has 1 aromatic rings. The normalized spacial score (nSPS) is 13.0. The van der Waals surface area contributed by atoms with Gasteiger partial charge in [-0.05, 0) is 29.8 Å². The summed E-state index contributed by atoms with van der Waals surface area (Å²) in [5, 5.41) is 8.71. The number of hydrogen-bond acceptors (Lipinski definition) is 3. The van der Waals surface area contributed by atoms with Crippen LogP contribution in [-0.2, 0) is 0 Å². The van der Waals surface area contributed by atoms with Crippen LogP contribution in [0.15, 0.2) is 29.2 Å². The molecule has 1 aromatic carbocycles. The summed E-state index contributed by atoms with van der Waals surface area (Å²) in [5.41, 5.74) is 1.78. The average molecular weight is 288 g/mol. The standard InChI is InChI=1S/C10H12F3NOS.ClH/c11-10(12,13)16-9-4-2-1-3-7(9)8(14)5-6-15;/h1-4,8,15H,5-6,14H2;1H/t8-;/m0./s1. The zero-order chi connectivity index (χ0) is 12.2. The van der Waals surface area contributed by atoms with Crippen LogP contribution in [-0.4, -0.2) is 17.2 Å². The van der Waals surface area contributed by atoms with E-state index in [9.17, 15) is 13.2 Å². The highest BCUT2D eigenvalue weighted by Gasteiger charge is 2.30. The van der Waals surface area contributed by atoms with Gasteiger partial charge in [-0.3, -0.25) is 0 Å². The number of benzene rings is 1. The predicted molar refractivity (Wildman–Crippen MR) is 64.2 cm³/mol. The number of alkyl halides is 3. The molecule has 0 amide bonds. The second-order valence-electron chi connectivity index (χ2n) is 3.20. The topological polar surface area (TPSA) is 46.2 Å². The molecule has 17 heavy (non-hydrogen) atoms. The maximum Gasteiger partial charge on any atom is 0.446 e. The molecule has 0 aliphatic rings. The smallest absolute Gasteiger partial charge is 0.396 e. The van der Waals surface area contributed by atoms with Gasteiger partial charge in [0.15, 0.2) is 0 Å². The van der Waals surface area contributed by atoms with Gasteiger partial charge in [0.1, 0.15) is 0 Å². The second kappa shape index (κ2) is 7.10. The van der Waals surface area contributed by atoms with Crippen molar-refractivity contribution >= 4 is 24.2 Å². The minimum atomic E-state index is -4.32. The fourth-order valence-electron chi connectivity index (χ4n) is 1.30. The number of rotatable bonds is 4. The van der Waals surface area contributed by atoms with Crippen molar-refractivity contribution in [1.82, 2.24) is 0 Å². The maximum atomic E-state index is 12.2. The van der Waals surface area contributed by atoms with Crippen LogP contribution in [0.5, 0.6) is 0 Å². The number of thioether (sulfide) groups is 1. The van der Waals surface area contributed by atoms with E-state index >= 15 is 0 Å². The zero-order valence-electron chi connectivity index (χ0n) is 8.78. The Morgan fingerprint density at radius 1 is 1.29 bits per heavy atom. The second-order valence-corrected chi connectivity index (χ2v) is 4.31. The molecule has 0 aliphatic heterocycles. The molecule has 2 nitrogen and oxygen atoms in total. The first-order chi connectivity index (χ1) is 7.44. The SMILES string of the molecule is Cl.N[C@@H](CCO)c1ccccc1SC(F)(F)F. The van der Waals surface area contributed by atoms with Crippen molar-refractivity contribution in [2.45, 2.75) is 22.9 Å². The van der Waals surface area contributed by atoms with E-state index in [-0.39, 0.29) is 42.1 Å². The summed E-state index contributed by atoms with van der Waals surface area (Å²) in [6.45, 7) is -0.147. The Morgan fingerprint density at radius 3 is 2.41 bits per heavy atom. The van der Waals surface area contributed by atoms with Crippen LogP contribution in [0.1, 0.15) is 18.0 Å². The molecule has 7 heteroatoms. The first-order valence-corrected chi connectivity index (χ1v) is 5.47. The van der Waals surface area contributed by atoms with Crippen molar-refractivity contribution in [3.63, 3.8) is 0 Å². The highest BCUT2D eigenvalue weighted by molar-refractivity contribution is 8.00. The van der Waals surface area contributed by atoms with Crippen molar-refractivity contribution in [3.8, 4) is 0 Å². The highest BCUT2D eigenvalue weighted by Crippen LogP contribution is 2.39. The van der Waals surface area contributed by atoms with E-state index in [1.165, 1.54) is 12.1 Å². The van der Waals surface area contributed by atoms with Crippen molar-refractivity contribution in [2.75, 3.05) is 6.61 Å². The number of aliphatic hydroxyl groups excluding tert-OH is 1. The van der Waals surface area contributed by atoms with Gasteiger partial charge in [0, 0.05) is 17.5 Å². The third kappa shape index (κ3) is 5.63. The molecule has 0 aromatic heterocycles. The minimum absolute atomic E-state index is 0. The summed E-state index contributed by atoms with van der Waals surface area (Å²) in [5.74, 6) is 0. The van der Waals surface area contributed by atoms with E-state index in [1.807, 2.05) is 0 Å². The zero-order valence-corrected chi connectivity index (χ0v) is 10.4. The molecule has 0 fully saturated rings. The summed E-state index contributed by atoms with van der Waals surface area (Å²) in [6.07, 6.45) is 0.245. The largest absolute Gasteiger partial charge is 0.446 e. The molecule has 0 saturated heterocycles. The Labute approximate surface area is 108 Å². The van der Waals surface area contributed by atoms with Gasteiger partial charge in [0.05, 0.1) is 0 Å². The molecule has 0 saturated carbocycles. The van der Waals surface area contributed by atoms with E-state index in [1.54, 1.807) is 12.1 Å². The molecular formula is C10H13ClF3NOS. The fourth-order valence-corrected chi connectivity index (χ4v) is 2.03. The van der Waals surface area contributed by atoms with E-state index < -0.39 is 11.6 Å².